The van der Waals surface area contributed by atoms with Crippen LogP contribution < -0.4 is 0 Å². The number of alkyl halides is 3. The van der Waals surface area contributed by atoms with E-state index in [-0.39, 0.29) is 0 Å². The van der Waals surface area contributed by atoms with Gasteiger partial charge in [0.05, 0.1) is 5.56 Å². The van der Waals surface area contributed by atoms with E-state index in [0.29, 0.717) is 12.0 Å². The van der Waals surface area contributed by atoms with Crippen LogP contribution in [0.15, 0.2) is 53.0 Å². The van der Waals surface area contributed by atoms with Crippen LogP contribution in [-0.2, 0) is 19.0 Å². The Morgan fingerprint density at radius 3 is 2.45 bits per heavy atom. The number of benzene rings is 2. The maximum atomic E-state index is 12.7. The summed E-state index contributed by atoms with van der Waals surface area (Å²) in [7, 11) is 0. The summed E-state index contributed by atoms with van der Waals surface area (Å²) in [6.45, 7) is 0. The second kappa shape index (κ2) is 6.05. The highest BCUT2D eigenvalue weighted by atomic mass is 79.9. The summed E-state index contributed by atoms with van der Waals surface area (Å²) in [5, 5.41) is 1.17. The molecule has 1 aromatic heterocycles. The number of thiophene rings is 1. The van der Waals surface area contributed by atoms with Crippen molar-refractivity contribution in [1.29, 1.82) is 0 Å². The van der Waals surface area contributed by atoms with Gasteiger partial charge in [-0.05, 0) is 57.9 Å². The largest absolute Gasteiger partial charge is 0.416 e. The molecule has 0 aliphatic rings. The molecule has 0 fully saturated rings. The number of hydrogen-bond donors (Lipinski definition) is 0. The minimum atomic E-state index is -4.28. The van der Waals surface area contributed by atoms with Crippen molar-refractivity contribution in [2.75, 3.05) is 0 Å². The second-order valence-corrected chi connectivity index (χ2v) is 7.06. The van der Waals surface area contributed by atoms with E-state index in [2.05, 4.69) is 22.0 Å². The van der Waals surface area contributed by atoms with E-state index < -0.39 is 11.7 Å². The third-order valence-electron chi connectivity index (χ3n) is 3.46. The van der Waals surface area contributed by atoms with Gasteiger partial charge in [0.1, 0.15) is 0 Å². The van der Waals surface area contributed by atoms with Gasteiger partial charge in [-0.15, -0.1) is 11.3 Å². The van der Waals surface area contributed by atoms with Gasteiger partial charge in [-0.3, -0.25) is 0 Å². The van der Waals surface area contributed by atoms with Crippen molar-refractivity contribution in [1.82, 2.24) is 0 Å². The molecule has 0 aliphatic heterocycles. The van der Waals surface area contributed by atoms with Crippen LogP contribution in [0.4, 0.5) is 13.2 Å². The van der Waals surface area contributed by atoms with E-state index in [1.807, 2.05) is 18.2 Å². The van der Waals surface area contributed by atoms with E-state index in [0.717, 1.165) is 17.0 Å². The molecule has 0 bridgehead atoms. The van der Waals surface area contributed by atoms with Crippen molar-refractivity contribution >= 4 is 37.4 Å². The van der Waals surface area contributed by atoms with E-state index in [4.69, 9.17) is 0 Å². The standard InChI is InChI=1S/C17H12BrF3S/c18-15-6-2-4-12-10-14(22-16(12)15)8-7-11-3-1-5-13(9-11)17(19,20)21/h1-6,9-10H,7-8H2. The molecule has 2 aromatic carbocycles. The van der Waals surface area contributed by atoms with Gasteiger partial charge in [-0.25, -0.2) is 0 Å². The second-order valence-electron chi connectivity index (χ2n) is 5.07. The van der Waals surface area contributed by atoms with Crippen molar-refractivity contribution in [3.63, 3.8) is 0 Å². The van der Waals surface area contributed by atoms with Crippen LogP contribution in [0.2, 0.25) is 0 Å². The molecule has 0 amide bonds. The maximum Gasteiger partial charge on any atom is 0.416 e. The Labute approximate surface area is 138 Å². The van der Waals surface area contributed by atoms with Crippen molar-refractivity contribution in [3.05, 3.63) is 69.0 Å². The first-order chi connectivity index (χ1) is 10.4. The minimum Gasteiger partial charge on any atom is -0.166 e. The predicted octanol–water partition coefficient (Wildman–Crippen LogP) is 6.47. The van der Waals surface area contributed by atoms with E-state index >= 15 is 0 Å². The Bertz CT molecular complexity index is 805. The lowest BCUT2D eigenvalue weighted by Gasteiger charge is -2.08. The number of hydrogen-bond acceptors (Lipinski definition) is 1. The molecule has 3 rings (SSSR count). The fraction of sp³-hybridized carbons (Fsp3) is 0.176. The summed E-state index contributed by atoms with van der Waals surface area (Å²) in [6, 6.07) is 13.7. The molecular weight excluding hydrogens is 373 g/mol. The SMILES string of the molecule is FC(F)(F)c1cccc(CCc2cc3cccc(Br)c3s2)c1. The maximum absolute atomic E-state index is 12.7. The van der Waals surface area contributed by atoms with Gasteiger partial charge < -0.3 is 0 Å². The van der Waals surface area contributed by atoms with Crippen LogP contribution in [0, 0.1) is 0 Å². The van der Waals surface area contributed by atoms with Gasteiger partial charge in [0.15, 0.2) is 0 Å². The average Bonchev–Trinajstić information content (AvgIpc) is 2.89. The van der Waals surface area contributed by atoms with Gasteiger partial charge in [0.25, 0.3) is 0 Å². The van der Waals surface area contributed by atoms with Crippen LogP contribution in [0.3, 0.4) is 0 Å². The highest BCUT2D eigenvalue weighted by molar-refractivity contribution is 9.10. The van der Waals surface area contributed by atoms with Crippen LogP contribution in [0.5, 0.6) is 0 Å². The van der Waals surface area contributed by atoms with Crippen LogP contribution in [-0.4, -0.2) is 0 Å². The fourth-order valence-corrected chi connectivity index (χ4v) is 4.06. The van der Waals surface area contributed by atoms with Gasteiger partial charge >= 0.3 is 6.18 Å². The summed E-state index contributed by atoms with van der Waals surface area (Å²) in [4.78, 5) is 1.18. The molecular formula is C17H12BrF3S. The topological polar surface area (TPSA) is 0 Å². The van der Waals surface area contributed by atoms with Gasteiger partial charge in [0.2, 0.25) is 0 Å². The molecule has 0 unspecified atom stereocenters. The molecule has 5 heteroatoms. The normalized spacial score (nSPS) is 12.0. The average molecular weight is 385 g/mol. The Morgan fingerprint density at radius 2 is 1.73 bits per heavy atom. The lowest BCUT2D eigenvalue weighted by Crippen LogP contribution is -2.05. The summed E-state index contributed by atoms with van der Waals surface area (Å²) in [5.41, 5.74) is 0.135. The Hall–Kier alpha value is -1.33. The van der Waals surface area contributed by atoms with Gasteiger partial charge in [0, 0.05) is 14.0 Å². The number of aryl methyl sites for hydroxylation is 2. The highest BCUT2D eigenvalue weighted by Gasteiger charge is 2.30. The van der Waals surface area contributed by atoms with Crippen LogP contribution in [0.25, 0.3) is 10.1 Å². The molecule has 0 saturated heterocycles. The van der Waals surface area contributed by atoms with E-state index in [1.165, 1.54) is 27.1 Å². The lowest BCUT2D eigenvalue weighted by atomic mass is 10.1. The number of rotatable bonds is 3. The fourth-order valence-electron chi connectivity index (χ4n) is 2.37. The number of fused-ring (bicyclic) bond motifs is 1. The highest BCUT2D eigenvalue weighted by Crippen LogP contribution is 2.33. The molecule has 114 valence electrons. The molecule has 0 spiro atoms. The first-order valence-corrected chi connectivity index (χ1v) is 8.37. The zero-order chi connectivity index (χ0) is 15.7. The molecule has 0 aliphatic carbocycles. The quantitative estimate of drug-likeness (QED) is 0.485. The Morgan fingerprint density at radius 1 is 0.955 bits per heavy atom. The predicted molar refractivity (Wildman–Crippen MR) is 88.4 cm³/mol. The molecule has 0 atom stereocenters. The van der Waals surface area contributed by atoms with Crippen molar-refractivity contribution < 1.29 is 13.2 Å². The lowest BCUT2D eigenvalue weighted by molar-refractivity contribution is -0.137. The third-order valence-corrected chi connectivity index (χ3v) is 5.63. The van der Waals surface area contributed by atoms with Crippen molar-refractivity contribution in [3.8, 4) is 0 Å². The number of halogens is 4. The van der Waals surface area contributed by atoms with Gasteiger partial charge in [-0.1, -0.05) is 30.3 Å². The first kappa shape index (κ1) is 15.6. The van der Waals surface area contributed by atoms with Crippen LogP contribution >= 0.6 is 27.3 Å². The summed E-state index contributed by atoms with van der Waals surface area (Å²) >= 11 is 5.21. The van der Waals surface area contributed by atoms with Crippen molar-refractivity contribution in [2.45, 2.75) is 19.0 Å². The van der Waals surface area contributed by atoms with Crippen molar-refractivity contribution in [2.24, 2.45) is 0 Å². The minimum absolute atomic E-state index is 0.580. The molecule has 22 heavy (non-hydrogen) atoms. The summed E-state index contributed by atoms with van der Waals surface area (Å²) in [6.07, 6.45) is -2.93. The molecule has 0 saturated carbocycles. The van der Waals surface area contributed by atoms with Crippen LogP contribution in [0.1, 0.15) is 16.0 Å². The first-order valence-electron chi connectivity index (χ1n) is 6.76. The molecule has 0 nitrogen and oxygen atoms in total. The zero-order valence-corrected chi connectivity index (χ0v) is 13.9. The molecule has 0 radical (unpaired) electrons. The van der Waals surface area contributed by atoms with Gasteiger partial charge in [-0.2, -0.15) is 13.2 Å². The molecule has 3 aromatic rings. The monoisotopic (exact) mass is 384 g/mol. The van der Waals surface area contributed by atoms with E-state index in [9.17, 15) is 13.2 Å². The smallest absolute Gasteiger partial charge is 0.166 e. The summed E-state index contributed by atoms with van der Waals surface area (Å²) < 4.78 is 40.4. The molecule has 1 heterocycles. The third kappa shape index (κ3) is 3.36. The van der Waals surface area contributed by atoms with E-state index in [1.54, 1.807) is 17.4 Å². The zero-order valence-electron chi connectivity index (χ0n) is 11.5. The Balaban J connectivity index is 1.78. The molecule has 0 N–H and O–H groups in total. The Kier molecular flexibility index (Phi) is 4.28. The summed E-state index contributed by atoms with van der Waals surface area (Å²) in [5.74, 6) is 0.